The number of hydrogen-bond acceptors (Lipinski definition) is 4. The molecular weight excluding hydrogens is 352 g/mol. The molecule has 3 N–H and O–H groups in total. The molecule has 0 radical (unpaired) electrons. The highest BCUT2D eigenvalue weighted by molar-refractivity contribution is 6.31. The third-order valence-corrected chi connectivity index (χ3v) is 4.50. The smallest absolute Gasteiger partial charge is 0.225 e. The number of aromatic amines is 1. The molecule has 2 aromatic heterocycles. The van der Waals surface area contributed by atoms with Crippen LogP contribution in [0.15, 0.2) is 40.9 Å². The maximum atomic E-state index is 12.1. The summed E-state index contributed by atoms with van der Waals surface area (Å²) in [6.45, 7) is 4.92. The van der Waals surface area contributed by atoms with Crippen molar-refractivity contribution in [2.45, 2.75) is 26.8 Å². The van der Waals surface area contributed by atoms with Gasteiger partial charge < -0.3 is 15.1 Å². The number of nitrogens with one attached hydrogen (secondary N) is 3. The molecule has 0 saturated carbocycles. The third-order valence-electron chi connectivity index (χ3n) is 4.09. The Morgan fingerprint density at radius 1 is 1.27 bits per heavy atom. The molecule has 2 heterocycles. The molecule has 0 atom stereocenters. The van der Waals surface area contributed by atoms with Gasteiger partial charge in [0, 0.05) is 35.8 Å². The lowest BCUT2D eigenvalue weighted by Gasteiger charge is -2.10. The summed E-state index contributed by atoms with van der Waals surface area (Å²) in [6.07, 6.45) is 2.12. The minimum absolute atomic E-state index is 0.0584. The Labute approximate surface area is 156 Å². The van der Waals surface area contributed by atoms with Gasteiger partial charge in [0.05, 0.1) is 6.20 Å². The number of aryl methyl sites for hydroxylation is 1. The molecule has 0 bridgehead atoms. The standard InChI is InChI=1S/C19H21ClN4O2/c1-12-6-7-17(26-12)19-14(11-22-24-19)10-21-9-8-18(25)23-16-5-3-4-15(20)13(16)2/h3-7,11,21H,8-10H2,1-2H3,(H,22,24)(H,23,25). The van der Waals surface area contributed by atoms with Gasteiger partial charge in [0.15, 0.2) is 5.76 Å². The first kappa shape index (κ1) is 18.2. The number of nitrogens with zero attached hydrogens (tertiary/aromatic N) is 1. The summed E-state index contributed by atoms with van der Waals surface area (Å²) in [6, 6.07) is 9.29. The molecule has 7 heteroatoms. The lowest BCUT2D eigenvalue weighted by atomic mass is 10.2. The number of carbonyl (C=O) groups excluding carboxylic acids is 1. The van der Waals surface area contributed by atoms with Gasteiger partial charge in [-0.2, -0.15) is 5.10 Å². The molecule has 0 aliphatic heterocycles. The van der Waals surface area contributed by atoms with E-state index >= 15 is 0 Å². The van der Waals surface area contributed by atoms with Gasteiger partial charge >= 0.3 is 0 Å². The van der Waals surface area contributed by atoms with Crippen LogP contribution >= 0.6 is 11.6 Å². The summed E-state index contributed by atoms with van der Waals surface area (Å²) in [7, 11) is 0. The van der Waals surface area contributed by atoms with Gasteiger partial charge in [-0.15, -0.1) is 0 Å². The lowest BCUT2D eigenvalue weighted by molar-refractivity contribution is -0.116. The van der Waals surface area contributed by atoms with Gasteiger partial charge in [-0.3, -0.25) is 9.89 Å². The predicted octanol–water partition coefficient (Wildman–Crippen LogP) is 4.06. The normalized spacial score (nSPS) is 10.9. The van der Waals surface area contributed by atoms with E-state index in [2.05, 4.69) is 20.8 Å². The van der Waals surface area contributed by atoms with Gasteiger partial charge in [0.25, 0.3) is 0 Å². The van der Waals surface area contributed by atoms with Crippen LogP contribution in [0.3, 0.4) is 0 Å². The Balaban J connectivity index is 1.48. The lowest BCUT2D eigenvalue weighted by Crippen LogP contribution is -2.21. The summed E-state index contributed by atoms with van der Waals surface area (Å²) in [5.41, 5.74) is 3.45. The first-order valence-corrected chi connectivity index (χ1v) is 8.77. The molecule has 1 aromatic carbocycles. The van der Waals surface area contributed by atoms with Gasteiger partial charge in [0.2, 0.25) is 5.91 Å². The molecule has 0 aliphatic rings. The van der Waals surface area contributed by atoms with E-state index in [1.165, 1.54) is 0 Å². The van der Waals surface area contributed by atoms with Crippen LogP contribution in [0.2, 0.25) is 5.02 Å². The van der Waals surface area contributed by atoms with Crippen LogP contribution in [0, 0.1) is 13.8 Å². The van der Waals surface area contributed by atoms with Gasteiger partial charge in [-0.25, -0.2) is 0 Å². The molecule has 136 valence electrons. The fraction of sp³-hybridized carbons (Fsp3) is 0.263. The van der Waals surface area contributed by atoms with Crippen molar-refractivity contribution in [2.24, 2.45) is 0 Å². The van der Waals surface area contributed by atoms with Crippen molar-refractivity contribution in [1.82, 2.24) is 15.5 Å². The second-order valence-corrected chi connectivity index (χ2v) is 6.48. The molecule has 3 aromatic rings. The van der Waals surface area contributed by atoms with Crippen LogP contribution in [0.1, 0.15) is 23.3 Å². The van der Waals surface area contributed by atoms with Gasteiger partial charge in [-0.1, -0.05) is 17.7 Å². The van der Waals surface area contributed by atoms with E-state index in [0.29, 0.717) is 24.5 Å². The van der Waals surface area contributed by atoms with Crippen LogP contribution in [-0.4, -0.2) is 22.6 Å². The van der Waals surface area contributed by atoms with Crippen LogP contribution in [0.25, 0.3) is 11.5 Å². The van der Waals surface area contributed by atoms with E-state index in [1.54, 1.807) is 12.3 Å². The third kappa shape index (κ3) is 4.33. The maximum Gasteiger partial charge on any atom is 0.225 e. The summed E-state index contributed by atoms with van der Waals surface area (Å²) in [4.78, 5) is 12.1. The summed E-state index contributed by atoms with van der Waals surface area (Å²) >= 11 is 6.07. The van der Waals surface area contributed by atoms with Crippen molar-refractivity contribution in [3.8, 4) is 11.5 Å². The van der Waals surface area contributed by atoms with Gasteiger partial charge in [0.1, 0.15) is 11.5 Å². The number of anilines is 1. The fourth-order valence-electron chi connectivity index (χ4n) is 2.61. The van der Waals surface area contributed by atoms with Crippen molar-refractivity contribution in [3.63, 3.8) is 0 Å². The average Bonchev–Trinajstić information content (AvgIpc) is 3.24. The molecule has 6 nitrogen and oxygen atoms in total. The SMILES string of the molecule is Cc1ccc(-c2[nH]ncc2CNCCC(=O)Nc2cccc(Cl)c2C)o1. The molecule has 0 saturated heterocycles. The van der Waals surface area contributed by atoms with Crippen molar-refractivity contribution < 1.29 is 9.21 Å². The zero-order chi connectivity index (χ0) is 18.5. The van der Waals surface area contributed by atoms with E-state index in [9.17, 15) is 4.79 Å². The molecular formula is C19H21ClN4O2. The molecule has 0 fully saturated rings. The Kier molecular flexibility index (Phi) is 5.75. The number of carbonyl (C=O) groups is 1. The first-order valence-electron chi connectivity index (χ1n) is 8.39. The van der Waals surface area contributed by atoms with E-state index in [0.717, 1.165) is 34.0 Å². The molecule has 26 heavy (non-hydrogen) atoms. The number of rotatable bonds is 7. The average molecular weight is 373 g/mol. The predicted molar refractivity (Wildman–Crippen MR) is 102 cm³/mol. The second-order valence-electron chi connectivity index (χ2n) is 6.07. The van der Waals surface area contributed by atoms with E-state index < -0.39 is 0 Å². The van der Waals surface area contributed by atoms with Gasteiger partial charge in [-0.05, 0) is 43.7 Å². The van der Waals surface area contributed by atoms with E-state index in [-0.39, 0.29) is 5.91 Å². The Morgan fingerprint density at radius 2 is 2.12 bits per heavy atom. The highest BCUT2D eigenvalue weighted by Gasteiger charge is 2.11. The Hall–Kier alpha value is -2.57. The van der Waals surface area contributed by atoms with E-state index in [4.69, 9.17) is 16.0 Å². The van der Waals surface area contributed by atoms with E-state index in [1.807, 2.05) is 38.1 Å². The minimum atomic E-state index is -0.0584. The van der Waals surface area contributed by atoms with Crippen LogP contribution in [0.5, 0.6) is 0 Å². The zero-order valence-corrected chi connectivity index (χ0v) is 15.5. The minimum Gasteiger partial charge on any atom is -0.460 e. The molecule has 3 rings (SSSR count). The topological polar surface area (TPSA) is 83.0 Å². The van der Waals surface area contributed by atoms with Crippen LogP contribution in [0.4, 0.5) is 5.69 Å². The monoisotopic (exact) mass is 372 g/mol. The maximum absolute atomic E-state index is 12.1. The van der Waals surface area contributed by atoms with Crippen molar-refractivity contribution >= 4 is 23.2 Å². The van der Waals surface area contributed by atoms with Crippen LogP contribution < -0.4 is 10.6 Å². The highest BCUT2D eigenvalue weighted by Crippen LogP contribution is 2.24. The van der Waals surface area contributed by atoms with Crippen molar-refractivity contribution in [3.05, 3.63) is 58.4 Å². The molecule has 1 amide bonds. The number of amides is 1. The van der Waals surface area contributed by atoms with Crippen LogP contribution in [-0.2, 0) is 11.3 Å². The summed E-state index contributed by atoms with van der Waals surface area (Å²) in [5.74, 6) is 1.55. The number of benzene rings is 1. The molecule has 0 aliphatic carbocycles. The second kappa shape index (κ2) is 8.21. The summed E-state index contributed by atoms with van der Waals surface area (Å²) < 4.78 is 5.63. The first-order chi connectivity index (χ1) is 12.5. The van der Waals surface area contributed by atoms with Crippen molar-refractivity contribution in [2.75, 3.05) is 11.9 Å². The number of H-pyrrole nitrogens is 1. The Morgan fingerprint density at radius 3 is 2.88 bits per heavy atom. The zero-order valence-electron chi connectivity index (χ0n) is 14.7. The number of furan rings is 1. The number of hydrogen-bond donors (Lipinski definition) is 3. The summed E-state index contributed by atoms with van der Waals surface area (Å²) in [5, 5.41) is 13.8. The number of halogens is 1. The quantitative estimate of drug-likeness (QED) is 0.546. The Bertz CT molecular complexity index is 901. The largest absolute Gasteiger partial charge is 0.460 e. The fourth-order valence-corrected chi connectivity index (χ4v) is 2.78. The molecule has 0 unspecified atom stereocenters. The highest BCUT2D eigenvalue weighted by atomic mass is 35.5. The molecule has 0 spiro atoms. The van der Waals surface area contributed by atoms with Crippen molar-refractivity contribution in [1.29, 1.82) is 0 Å². The number of aromatic nitrogens is 2.